The van der Waals surface area contributed by atoms with E-state index in [1.807, 2.05) is 54.6 Å². The molecule has 0 saturated carbocycles. The minimum Gasteiger partial charge on any atom is -0.395 e. The number of rotatable bonds is 9. The summed E-state index contributed by atoms with van der Waals surface area (Å²) in [4.78, 5) is 36.8. The van der Waals surface area contributed by atoms with Crippen LogP contribution in [0.25, 0.3) is 0 Å². The molecule has 0 unspecified atom stereocenters. The van der Waals surface area contributed by atoms with Crippen LogP contribution in [-0.4, -0.2) is 42.4 Å². The Morgan fingerprint density at radius 1 is 0.926 bits per heavy atom. The zero-order valence-corrected chi connectivity index (χ0v) is 15.4. The predicted molar refractivity (Wildman–Crippen MR) is 103 cm³/mol. The Morgan fingerprint density at radius 2 is 1.52 bits per heavy atom. The van der Waals surface area contributed by atoms with Crippen LogP contribution in [0.5, 0.6) is 0 Å². The largest absolute Gasteiger partial charge is 0.395 e. The maximum absolute atomic E-state index is 12.6. The molecule has 6 nitrogen and oxygen atoms in total. The van der Waals surface area contributed by atoms with Crippen molar-refractivity contribution in [3.63, 3.8) is 0 Å². The van der Waals surface area contributed by atoms with Crippen LogP contribution in [0.3, 0.4) is 0 Å². The second kappa shape index (κ2) is 10.2. The molecule has 0 fully saturated rings. The lowest BCUT2D eigenvalue weighted by molar-refractivity contribution is -0.123. The standard InChI is InChI=1S/C21H24N2O4/c1-16(25)22-15-20(26)13-17-7-9-18(10-8-17)14-21(27)23(11-12-24)19-5-3-2-4-6-19/h2-10,24H,11-15H2,1H3,(H,22,25). The van der Waals surface area contributed by atoms with Crippen LogP contribution in [0.4, 0.5) is 5.69 Å². The number of anilines is 1. The number of hydrogen-bond donors (Lipinski definition) is 2. The summed E-state index contributed by atoms with van der Waals surface area (Å²) in [6, 6.07) is 16.5. The van der Waals surface area contributed by atoms with E-state index in [1.54, 1.807) is 4.90 Å². The Balaban J connectivity index is 1.97. The lowest BCUT2D eigenvalue weighted by Gasteiger charge is -2.22. The van der Waals surface area contributed by atoms with Crippen molar-refractivity contribution in [3.05, 3.63) is 65.7 Å². The van der Waals surface area contributed by atoms with Crippen molar-refractivity contribution < 1.29 is 19.5 Å². The number of benzene rings is 2. The number of nitrogens with one attached hydrogen (secondary N) is 1. The quantitative estimate of drug-likeness (QED) is 0.702. The highest BCUT2D eigenvalue weighted by atomic mass is 16.3. The summed E-state index contributed by atoms with van der Waals surface area (Å²) in [5.41, 5.74) is 2.41. The first kappa shape index (κ1) is 20.3. The average Bonchev–Trinajstić information content (AvgIpc) is 2.66. The molecule has 27 heavy (non-hydrogen) atoms. The fourth-order valence-electron chi connectivity index (χ4n) is 2.66. The van der Waals surface area contributed by atoms with Gasteiger partial charge in [0.05, 0.1) is 19.6 Å². The highest BCUT2D eigenvalue weighted by Crippen LogP contribution is 2.15. The molecule has 142 valence electrons. The van der Waals surface area contributed by atoms with E-state index < -0.39 is 0 Å². The Kier molecular flexibility index (Phi) is 7.70. The molecule has 2 rings (SSSR count). The molecular weight excluding hydrogens is 344 g/mol. The van der Waals surface area contributed by atoms with E-state index in [2.05, 4.69) is 5.32 Å². The minimum atomic E-state index is -0.233. The molecule has 0 bridgehead atoms. The molecule has 0 saturated heterocycles. The first-order valence-electron chi connectivity index (χ1n) is 8.80. The van der Waals surface area contributed by atoms with Gasteiger partial charge >= 0.3 is 0 Å². The average molecular weight is 368 g/mol. The number of hydrogen-bond acceptors (Lipinski definition) is 4. The molecule has 0 spiro atoms. The lowest BCUT2D eigenvalue weighted by Crippen LogP contribution is -2.34. The van der Waals surface area contributed by atoms with Gasteiger partial charge in [-0.1, -0.05) is 42.5 Å². The zero-order chi connectivity index (χ0) is 19.6. The van der Waals surface area contributed by atoms with Crippen LogP contribution in [-0.2, 0) is 27.2 Å². The van der Waals surface area contributed by atoms with Gasteiger partial charge in [0.25, 0.3) is 0 Å². The molecular formula is C21H24N2O4. The van der Waals surface area contributed by atoms with E-state index in [0.29, 0.717) is 0 Å². The van der Waals surface area contributed by atoms with Gasteiger partial charge in [-0.2, -0.15) is 0 Å². The van der Waals surface area contributed by atoms with E-state index in [1.165, 1.54) is 6.92 Å². The molecule has 0 heterocycles. The van der Waals surface area contributed by atoms with E-state index in [4.69, 9.17) is 0 Å². The molecule has 2 aromatic rings. The third kappa shape index (κ3) is 6.67. The van der Waals surface area contributed by atoms with E-state index in [0.717, 1.165) is 16.8 Å². The topological polar surface area (TPSA) is 86.7 Å². The van der Waals surface area contributed by atoms with Crippen LogP contribution < -0.4 is 10.2 Å². The molecule has 0 atom stereocenters. The van der Waals surface area contributed by atoms with E-state index >= 15 is 0 Å². The summed E-state index contributed by atoms with van der Waals surface area (Å²) in [6.07, 6.45) is 0.435. The summed E-state index contributed by atoms with van der Waals surface area (Å²) in [5.74, 6) is -0.417. The van der Waals surface area contributed by atoms with Crippen LogP contribution in [0.1, 0.15) is 18.1 Å². The van der Waals surface area contributed by atoms with Crippen LogP contribution in [0.15, 0.2) is 54.6 Å². The molecule has 0 aliphatic heterocycles. The Morgan fingerprint density at radius 3 is 2.07 bits per heavy atom. The normalized spacial score (nSPS) is 10.3. The van der Waals surface area contributed by atoms with Gasteiger partial charge in [-0.05, 0) is 23.3 Å². The smallest absolute Gasteiger partial charge is 0.231 e. The second-order valence-corrected chi connectivity index (χ2v) is 6.22. The summed E-state index contributed by atoms with van der Waals surface area (Å²) < 4.78 is 0. The molecule has 2 aromatic carbocycles. The molecule has 6 heteroatoms. The van der Waals surface area contributed by atoms with Gasteiger partial charge in [-0.25, -0.2) is 0 Å². The number of para-hydroxylation sites is 1. The summed E-state index contributed by atoms with van der Waals surface area (Å²) in [5, 5.41) is 11.7. The van der Waals surface area contributed by atoms with Gasteiger partial charge in [-0.3, -0.25) is 14.4 Å². The number of nitrogens with zero attached hydrogens (tertiary/aromatic N) is 1. The fourth-order valence-corrected chi connectivity index (χ4v) is 2.66. The van der Waals surface area contributed by atoms with E-state index in [-0.39, 0.29) is 50.1 Å². The summed E-state index contributed by atoms with van der Waals surface area (Å²) in [6.45, 7) is 1.51. The molecule has 2 N–H and O–H groups in total. The maximum atomic E-state index is 12.6. The van der Waals surface area contributed by atoms with Gasteiger partial charge in [0.2, 0.25) is 11.8 Å². The number of carbonyl (C=O) groups excluding carboxylic acids is 3. The van der Waals surface area contributed by atoms with Crippen molar-refractivity contribution >= 4 is 23.3 Å². The lowest BCUT2D eigenvalue weighted by atomic mass is 10.0. The number of Topliss-reactive ketones (excluding diaryl/α,β-unsaturated/α-hetero) is 1. The van der Waals surface area contributed by atoms with Gasteiger partial charge in [0.1, 0.15) is 0 Å². The third-order valence-electron chi connectivity index (χ3n) is 4.01. The first-order valence-corrected chi connectivity index (χ1v) is 8.80. The first-order chi connectivity index (χ1) is 13.0. The Labute approximate surface area is 158 Å². The van der Waals surface area contributed by atoms with Crippen molar-refractivity contribution in [1.29, 1.82) is 0 Å². The predicted octanol–water partition coefficient (Wildman–Crippen LogP) is 1.50. The van der Waals surface area contributed by atoms with Gasteiger partial charge in [-0.15, -0.1) is 0 Å². The highest BCUT2D eigenvalue weighted by molar-refractivity contribution is 5.94. The fraction of sp³-hybridized carbons (Fsp3) is 0.286. The highest BCUT2D eigenvalue weighted by Gasteiger charge is 2.15. The van der Waals surface area contributed by atoms with Gasteiger partial charge in [0, 0.05) is 25.6 Å². The molecule has 0 radical (unpaired) electrons. The number of ketones is 1. The SMILES string of the molecule is CC(=O)NCC(=O)Cc1ccc(CC(=O)N(CCO)c2ccccc2)cc1. The van der Waals surface area contributed by atoms with Crippen LogP contribution >= 0.6 is 0 Å². The van der Waals surface area contributed by atoms with Crippen LogP contribution in [0.2, 0.25) is 0 Å². The monoisotopic (exact) mass is 368 g/mol. The minimum absolute atomic E-state index is 0.0166. The third-order valence-corrected chi connectivity index (χ3v) is 4.01. The number of aliphatic hydroxyl groups is 1. The van der Waals surface area contributed by atoms with Gasteiger partial charge in [0.15, 0.2) is 5.78 Å². The van der Waals surface area contributed by atoms with Crippen molar-refractivity contribution in [1.82, 2.24) is 5.32 Å². The van der Waals surface area contributed by atoms with Crippen molar-refractivity contribution in [2.45, 2.75) is 19.8 Å². The van der Waals surface area contributed by atoms with Crippen molar-refractivity contribution in [2.75, 3.05) is 24.6 Å². The number of carbonyl (C=O) groups is 3. The van der Waals surface area contributed by atoms with Crippen molar-refractivity contribution in [2.24, 2.45) is 0 Å². The second-order valence-electron chi connectivity index (χ2n) is 6.22. The zero-order valence-electron chi connectivity index (χ0n) is 15.4. The summed E-state index contributed by atoms with van der Waals surface area (Å²) >= 11 is 0. The summed E-state index contributed by atoms with van der Waals surface area (Å²) in [7, 11) is 0. The van der Waals surface area contributed by atoms with Crippen LogP contribution in [0, 0.1) is 0 Å². The Bertz CT molecular complexity index is 773. The van der Waals surface area contributed by atoms with Crippen molar-refractivity contribution in [3.8, 4) is 0 Å². The van der Waals surface area contributed by atoms with Gasteiger partial charge < -0.3 is 15.3 Å². The number of aliphatic hydroxyl groups excluding tert-OH is 1. The Hall–Kier alpha value is -2.99. The van der Waals surface area contributed by atoms with E-state index in [9.17, 15) is 19.5 Å². The maximum Gasteiger partial charge on any atom is 0.231 e. The number of amides is 2. The molecule has 0 aromatic heterocycles. The molecule has 2 amide bonds. The molecule has 0 aliphatic rings. The molecule has 0 aliphatic carbocycles.